The van der Waals surface area contributed by atoms with E-state index >= 15 is 0 Å². The van der Waals surface area contributed by atoms with Gasteiger partial charge in [-0.15, -0.1) is 0 Å². The van der Waals surface area contributed by atoms with Crippen LogP contribution in [0, 0.1) is 0 Å². The highest BCUT2D eigenvalue weighted by Crippen LogP contribution is 2.35. The minimum atomic E-state index is -2.31. The maximum Gasteiger partial charge on any atom is 0.271 e. The summed E-state index contributed by atoms with van der Waals surface area (Å²) in [4.78, 5) is 8.94. The summed E-state index contributed by atoms with van der Waals surface area (Å²) in [5.41, 5.74) is 4.98. The van der Waals surface area contributed by atoms with Crippen molar-refractivity contribution in [3.8, 4) is 11.5 Å². The van der Waals surface area contributed by atoms with Crippen LogP contribution in [0.5, 0.6) is 0 Å². The van der Waals surface area contributed by atoms with Crippen molar-refractivity contribution in [2.24, 2.45) is 14.0 Å². The van der Waals surface area contributed by atoms with Gasteiger partial charge in [-0.25, -0.2) is 19.1 Å². The molecule has 4 aromatic rings. The van der Waals surface area contributed by atoms with Crippen LogP contribution in [0.4, 0.5) is 0 Å². The van der Waals surface area contributed by atoms with Gasteiger partial charge in [0.25, 0.3) is 11.5 Å². The molecule has 5 rings (SSSR count). The van der Waals surface area contributed by atoms with E-state index in [9.17, 15) is 0 Å². The van der Waals surface area contributed by atoms with Crippen molar-refractivity contribution in [2.75, 3.05) is 0 Å². The lowest BCUT2D eigenvalue weighted by atomic mass is 10.2. The van der Waals surface area contributed by atoms with Gasteiger partial charge in [-0.2, -0.15) is 0 Å². The van der Waals surface area contributed by atoms with Crippen molar-refractivity contribution in [1.82, 2.24) is 19.1 Å². The molecule has 21 heavy (non-hydrogen) atoms. The van der Waals surface area contributed by atoms with Gasteiger partial charge in [-0.05, 0) is 18.2 Å². The molecule has 4 aromatic heterocycles. The van der Waals surface area contributed by atoms with Gasteiger partial charge >= 0.3 is 0 Å². The van der Waals surface area contributed by atoms with Gasteiger partial charge in [0.05, 0.1) is 24.7 Å². The molecule has 0 saturated heterocycles. The number of hydrogen-bond acceptors (Lipinski definition) is 2. The summed E-state index contributed by atoms with van der Waals surface area (Å²) in [6, 6.07) is 7.69. The number of fused-ring (bicyclic) bond motifs is 7. The first kappa shape index (κ1) is 8.56. The molecule has 0 N–H and O–H groups in total. The Balaban J connectivity index is 2.05. The van der Waals surface area contributed by atoms with E-state index in [1.165, 1.54) is 4.57 Å². The third-order valence-corrected chi connectivity index (χ3v) is 4.28. The second-order valence-corrected chi connectivity index (χ2v) is 5.36. The lowest BCUT2D eigenvalue weighted by Crippen LogP contribution is -2.31. The Bertz CT molecular complexity index is 1140. The van der Waals surface area contributed by atoms with Crippen molar-refractivity contribution < 1.29 is 8.68 Å². The Morgan fingerprint density at radius 2 is 2.10 bits per heavy atom. The van der Waals surface area contributed by atoms with E-state index in [1.807, 2.05) is 40.4 Å². The molecule has 0 atom stereocenters. The van der Waals surface area contributed by atoms with E-state index in [-0.39, 0.29) is 0 Å². The molecule has 0 radical (unpaired) electrons. The van der Waals surface area contributed by atoms with Crippen LogP contribution in [0.2, 0.25) is 0 Å². The quantitative estimate of drug-likeness (QED) is 0.405. The van der Waals surface area contributed by atoms with E-state index in [2.05, 4.69) is 9.97 Å². The highest BCUT2D eigenvalue weighted by atomic mass is 15.2. The molecule has 5 nitrogen and oxygen atoms in total. The van der Waals surface area contributed by atoms with Crippen LogP contribution in [-0.4, -0.2) is 19.1 Å². The van der Waals surface area contributed by atoms with E-state index in [1.54, 1.807) is 12.4 Å². The fourth-order valence-electron chi connectivity index (χ4n) is 3.39. The first-order valence-electron chi connectivity index (χ1n) is 8.31. The molecule has 0 amide bonds. The summed E-state index contributed by atoms with van der Waals surface area (Å²) in [6.45, 7) is -1.70. The molecule has 0 aliphatic carbocycles. The Morgan fingerprint density at radius 3 is 3.00 bits per heavy atom. The Morgan fingerprint density at radius 1 is 1.24 bits per heavy atom. The Hall–Kier alpha value is -2.69. The van der Waals surface area contributed by atoms with Crippen LogP contribution in [0.15, 0.2) is 36.7 Å². The third-order valence-electron chi connectivity index (χ3n) is 4.28. The Labute approximate surface area is 125 Å². The summed E-state index contributed by atoms with van der Waals surface area (Å²) in [7, 11) is 1.88. The molecule has 102 valence electrons. The number of aromatic nitrogens is 5. The molecule has 0 saturated carbocycles. The molecule has 0 aromatic carbocycles. The molecule has 5 heteroatoms. The maximum absolute atomic E-state index is 8.07. The number of aryl methyl sites for hydroxylation is 2. The van der Waals surface area contributed by atoms with E-state index in [0.29, 0.717) is 18.0 Å². The van der Waals surface area contributed by atoms with Crippen LogP contribution < -0.4 is 4.57 Å². The molecule has 0 bridgehead atoms. The predicted octanol–water partition coefficient (Wildman–Crippen LogP) is 1.78. The number of pyridine rings is 2. The fourth-order valence-corrected chi connectivity index (χ4v) is 3.39. The third kappa shape index (κ3) is 1.15. The zero-order chi connectivity index (χ0) is 16.6. The summed E-state index contributed by atoms with van der Waals surface area (Å²) in [5.74, 6) is 0.624. The van der Waals surface area contributed by atoms with Gasteiger partial charge in [0.2, 0.25) is 5.52 Å². The minimum Gasteiger partial charge on any atom is -0.257 e. The topological polar surface area (TPSA) is 39.5 Å². The molecule has 1 aliphatic rings. The van der Waals surface area contributed by atoms with Gasteiger partial charge in [0.15, 0.2) is 0 Å². The standard InChI is InChI=1S/C16H14N5/c1-19-11-6-4-8-18-13(11)14-16(19)20(2)15-12-10(9-21(14)15)5-3-7-17-12/h3-8H,9H2,1-2H3/q+1/i2D3. The summed E-state index contributed by atoms with van der Waals surface area (Å²) in [5, 5.41) is 0. The zero-order valence-electron chi connectivity index (χ0n) is 14.4. The normalized spacial score (nSPS) is 15.8. The molecular weight excluding hydrogens is 262 g/mol. The van der Waals surface area contributed by atoms with Crippen molar-refractivity contribution in [1.29, 1.82) is 0 Å². The zero-order valence-corrected chi connectivity index (χ0v) is 11.4. The fraction of sp³-hybridized carbons (Fsp3) is 0.188. The molecular formula is C16H14N5+. The van der Waals surface area contributed by atoms with Crippen LogP contribution in [0.3, 0.4) is 0 Å². The van der Waals surface area contributed by atoms with Gasteiger partial charge in [0.1, 0.15) is 16.7 Å². The lowest BCUT2D eigenvalue weighted by Gasteiger charge is -1.97. The van der Waals surface area contributed by atoms with E-state index < -0.39 is 6.98 Å². The minimum absolute atomic E-state index is 0.605. The maximum atomic E-state index is 8.07. The van der Waals surface area contributed by atoms with E-state index in [4.69, 9.17) is 4.11 Å². The molecule has 0 spiro atoms. The van der Waals surface area contributed by atoms with Crippen molar-refractivity contribution in [2.45, 2.75) is 6.54 Å². The molecule has 5 heterocycles. The van der Waals surface area contributed by atoms with Gasteiger partial charge in [-0.3, -0.25) is 4.57 Å². The van der Waals surface area contributed by atoms with Crippen LogP contribution in [0.25, 0.3) is 33.7 Å². The largest absolute Gasteiger partial charge is 0.271 e. The number of rotatable bonds is 0. The van der Waals surface area contributed by atoms with Gasteiger partial charge in [-0.1, -0.05) is 6.07 Å². The SMILES string of the molecule is [2H]C([2H])([2H])[n+]1c2n(c3c4ncccc4n(C)c31)Cc1cccnc1-2. The van der Waals surface area contributed by atoms with Gasteiger partial charge in [0, 0.05) is 18.0 Å². The highest BCUT2D eigenvalue weighted by molar-refractivity contribution is 6.02. The first-order chi connectivity index (χ1) is 11.5. The second kappa shape index (κ2) is 3.49. The molecule has 0 unspecified atom stereocenters. The van der Waals surface area contributed by atoms with Gasteiger partial charge < -0.3 is 0 Å². The molecule has 0 fully saturated rings. The predicted molar refractivity (Wildman–Crippen MR) is 79.7 cm³/mol. The van der Waals surface area contributed by atoms with E-state index in [0.717, 1.165) is 27.8 Å². The second-order valence-electron chi connectivity index (χ2n) is 5.36. The monoisotopic (exact) mass is 279 g/mol. The highest BCUT2D eigenvalue weighted by Gasteiger charge is 2.35. The van der Waals surface area contributed by atoms with Crippen LogP contribution in [0.1, 0.15) is 9.68 Å². The van der Waals surface area contributed by atoms with Crippen molar-refractivity contribution in [3.63, 3.8) is 0 Å². The number of hydrogen-bond donors (Lipinski definition) is 0. The lowest BCUT2D eigenvalue weighted by molar-refractivity contribution is -0.636. The average Bonchev–Trinajstić information content (AvgIpc) is 3.15. The smallest absolute Gasteiger partial charge is 0.257 e. The van der Waals surface area contributed by atoms with Crippen molar-refractivity contribution >= 4 is 22.2 Å². The summed E-state index contributed by atoms with van der Waals surface area (Å²) >= 11 is 0. The summed E-state index contributed by atoms with van der Waals surface area (Å²) < 4.78 is 29.6. The number of imidazole rings is 1. The Kier molecular flexibility index (Phi) is 1.42. The first-order valence-corrected chi connectivity index (χ1v) is 6.81. The summed E-state index contributed by atoms with van der Waals surface area (Å²) in [6.07, 6.45) is 3.44. The van der Waals surface area contributed by atoms with Crippen LogP contribution >= 0.6 is 0 Å². The van der Waals surface area contributed by atoms with Crippen LogP contribution in [-0.2, 0) is 20.6 Å². The average molecular weight is 279 g/mol. The molecule has 1 aliphatic heterocycles. The van der Waals surface area contributed by atoms with Crippen molar-refractivity contribution in [3.05, 3.63) is 42.2 Å². The number of nitrogens with zero attached hydrogens (tertiary/aromatic N) is 5.